The van der Waals surface area contributed by atoms with Gasteiger partial charge in [0, 0.05) is 5.92 Å². The Labute approximate surface area is 200 Å². The average Bonchev–Trinajstić information content (AvgIpc) is 3.15. The van der Waals surface area contributed by atoms with Crippen molar-refractivity contribution in [3.63, 3.8) is 0 Å². The third kappa shape index (κ3) is 4.85. The Morgan fingerprint density at radius 2 is 1.57 bits per heavy atom. The second-order valence-corrected chi connectivity index (χ2v) is 8.14. The van der Waals surface area contributed by atoms with Crippen molar-refractivity contribution < 1.29 is 33.7 Å². The number of amides is 2. The van der Waals surface area contributed by atoms with Gasteiger partial charge in [0.15, 0.2) is 6.04 Å². The number of ether oxygens (including phenoxy) is 1. The second-order valence-electron chi connectivity index (χ2n) is 8.14. The first kappa shape index (κ1) is 23.9. The van der Waals surface area contributed by atoms with Gasteiger partial charge >= 0.3 is 12.1 Å². The van der Waals surface area contributed by atoms with Crippen LogP contribution in [0.4, 0.5) is 14.9 Å². The Morgan fingerprint density at radius 3 is 2.14 bits per heavy atom. The number of aliphatic carboxylic acids is 1. The van der Waals surface area contributed by atoms with Crippen molar-refractivity contribution in [2.24, 2.45) is 0 Å². The summed E-state index contributed by atoms with van der Waals surface area (Å²) in [5.41, 5.74) is 3.34. The quantitative estimate of drug-likeness (QED) is 0.410. The molecule has 180 valence electrons. The van der Waals surface area contributed by atoms with E-state index < -0.39 is 41.6 Å². The van der Waals surface area contributed by atoms with Crippen LogP contribution in [-0.4, -0.2) is 46.9 Å². The molecule has 0 saturated carbocycles. The molecule has 9 heteroatoms. The highest BCUT2D eigenvalue weighted by Gasteiger charge is 2.30. The summed E-state index contributed by atoms with van der Waals surface area (Å²) < 4.78 is 20.0. The maximum Gasteiger partial charge on any atom is 0.411 e. The predicted octanol–water partition coefficient (Wildman–Crippen LogP) is 3.75. The molecule has 4 N–H and O–H groups in total. The van der Waals surface area contributed by atoms with E-state index >= 15 is 0 Å². The average molecular weight is 478 g/mol. The van der Waals surface area contributed by atoms with Crippen molar-refractivity contribution in [3.8, 4) is 11.1 Å². The van der Waals surface area contributed by atoms with E-state index in [4.69, 9.17) is 4.74 Å². The zero-order chi connectivity index (χ0) is 25.1. The number of aliphatic hydroxyl groups is 1. The highest BCUT2D eigenvalue weighted by Crippen LogP contribution is 2.44. The van der Waals surface area contributed by atoms with E-state index in [-0.39, 0.29) is 18.1 Å². The van der Waals surface area contributed by atoms with Gasteiger partial charge in [-0.2, -0.15) is 0 Å². The van der Waals surface area contributed by atoms with Crippen molar-refractivity contribution in [2.75, 3.05) is 11.9 Å². The van der Waals surface area contributed by atoms with Gasteiger partial charge in [0.25, 0.3) is 5.91 Å². The summed E-state index contributed by atoms with van der Waals surface area (Å²) >= 11 is 0. The molecule has 0 radical (unpaired) electrons. The van der Waals surface area contributed by atoms with Gasteiger partial charge in [0.05, 0.1) is 17.4 Å². The molecule has 1 aliphatic carbocycles. The normalized spacial score (nSPS) is 13.8. The fourth-order valence-corrected chi connectivity index (χ4v) is 4.18. The van der Waals surface area contributed by atoms with Crippen LogP contribution in [0.5, 0.6) is 0 Å². The molecule has 0 fully saturated rings. The number of hydrogen-bond acceptors (Lipinski definition) is 5. The number of carboxylic acids is 1. The molecule has 0 saturated heterocycles. The van der Waals surface area contributed by atoms with Gasteiger partial charge in [-0.15, -0.1) is 0 Å². The summed E-state index contributed by atoms with van der Waals surface area (Å²) in [6.45, 7) is 1.18. The number of hydrogen-bond donors (Lipinski definition) is 4. The number of aliphatic hydroxyl groups excluding tert-OH is 1. The molecule has 2 atom stereocenters. The monoisotopic (exact) mass is 478 g/mol. The summed E-state index contributed by atoms with van der Waals surface area (Å²) in [5.74, 6) is -3.56. The number of nitrogens with one attached hydrogen (secondary N) is 2. The van der Waals surface area contributed by atoms with Gasteiger partial charge in [-0.1, -0.05) is 54.6 Å². The SMILES string of the molecule is CC(O)C(NC(=O)c1cccc(F)c1NC(=O)OCC1c2ccccc2-c2ccccc21)C(=O)O. The third-order valence-corrected chi connectivity index (χ3v) is 5.86. The van der Waals surface area contributed by atoms with Crippen molar-refractivity contribution in [2.45, 2.75) is 25.0 Å². The van der Waals surface area contributed by atoms with E-state index in [1.54, 1.807) is 0 Å². The lowest BCUT2D eigenvalue weighted by molar-refractivity contribution is -0.141. The summed E-state index contributed by atoms with van der Waals surface area (Å²) in [4.78, 5) is 36.5. The Bertz CT molecular complexity index is 1250. The number of carboxylic acid groups (broad SMARTS) is 1. The van der Waals surface area contributed by atoms with E-state index in [0.29, 0.717) is 0 Å². The van der Waals surface area contributed by atoms with E-state index in [2.05, 4.69) is 10.6 Å². The van der Waals surface area contributed by atoms with Crippen LogP contribution in [0.25, 0.3) is 11.1 Å². The van der Waals surface area contributed by atoms with E-state index in [9.17, 15) is 29.0 Å². The first-order valence-corrected chi connectivity index (χ1v) is 10.9. The van der Waals surface area contributed by atoms with Crippen LogP contribution in [0.1, 0.15) is 34.3 Å². The summed E-state index contributed by atoms with van der Waals surface area (Å²) in [6, 6.07) is 17.5. The maximum absolute atomic E-state index is 14.5. The lowest BCUT2D eigenvalue weighted by atomic mass is 9.98. The van der Waals surface area contributed by atoms with Gasteiger partial charge < -0.3 is 20.3 Å². The van der Waals surface area contributed by atoms with Crippen LogP contribution in [-0.2, 0) is 9.53 Å². The predicted molar refractivity (Wildman–Crippen MR) is 126 cm³/mol. The molecule has 4 rings (SSSR count). The molecule has 3 aromatic carbocycles. The minimum Gasteiger partial charge on any atom is -0.480 e. The van der Waals surface area contributed by atoms with Crippen LogP contribution in [0.2, 0.25) is 0 Å². The topological polar surface area (TPSA) is 125 Å². The summed E-state index contributed by atoms with van der Waals surface area (Å²) in [5, 5.41) is 23.2. The molecule has 2 amide bonds. The number of fused-ring (bicyclic) bond motifs is 3. The molecule has 0 heterocycles. The number of rotatable bonds is 7. The minimum atomic E-state index is -1.62. The van der Waals surface area contributed by atoms with Crippen LogP contribution < -0.4 is 10.6 Å². The van der Waals surface area contributed by atoms with Crippen molar-refractivity contribution in [3.05, 3.63) is 89.2 Å². The number of carbonyl (C=O) groups excluding carboxylic acids is 2. The number of benzene rings is 3. The molecule has 35 heavy (non-hydrogen) atoms. The van der Waals surface area contributed by atoms with Crippen molar-refractivity contribution in [1.82, 2.24) is 5.32 Å². The van der Waals surface area contributed by atoms with Gasteiger partial charge in [-0.05, 0) is 41.3 Å². The highest BCUT2D eigenvalue weighted by atomic mass is 19.1. The van der Waals surface area contributed by atoms with Gasteiger partial charge in [0.2, 0.25) is 0 Å². The standard InChI is InChI=1S/C26H23FN2O6/c1-14(30)22(25(32)33)28-24(31)19-11-6-12-21(27)23(19)29-26(34)35-13-20-17-9-4-2-7-15(17)16-8-3-5-10-18(16)20/h2-12,14,20,22,30H,13H2,1H3,(H,28,31)(H,29,34)(H,32,33). The lowest BCUT2D eigenvalue weighted by Gasteiger charge is -2.19. The molecule has 0 spiro atoms. The second kappa shape index (κ2) is 9.94. The fraction of sp³-hybridized carbons (Fsp3) is 0.192. The Morgan fingerprint density at radius 1 is 0.971 bits per heavy atom. The van der Waals surface area contributed by atoms with E-state index in [1.807, 2.05) is 48.5 Å². The zero-order valence-corrected chi connectivity index (χ0v) is 18.7. The largest absolute Gasteiger partial charge is 0.480 e. The molecule has 0 bridgehead atoms. The van der Waals surface area contributed by atoms with Crippen LogP contribution in [0.3, 0.4) is 0 Å². The van der Waals surface area contributed by atoms with E-state index in [1.165, 1.54) is 19.1 Å². The fourth-order valence-electron chi connectivity index (χ4n) is 4.18. The highest BCUT2D eigenvalue weighted by molar-refractivity contribution is 6.04. The Balaban J connectivity index is 1.50. The first-order valence-electron chi connectivity index (χ1n) is 10.9. The molecule has 2 unspecified atom stereocenters. The van der Waals surface area contributed by atoms with Crippen molar-refractivity contribution in [1.29, 1.82) is 0 Å². The van der Waals surface area contributed by atoms with Gasteiger partial charge in [-0.3, -0.25) is 10.1 Å². The summed E-state index contributed by atoms with van der Waals surface area (Å²) in [6.07, 6.45) is -2.38. The molecule has 3 aromatic rings. The molecule has 1 aliphatic rings. The summed E-state index contributed by atoms with van der Waals surface area (Å²) in [7, 11) is 0. The van der Waals surface area contributed by atoms with Crippen LogP contribution in [0.15, 0.2) is 66.7 Å². The van der Waals surface area contributed by atoms with Crippen LogP contribution in [0, 0.1) is 5.82 Å². The third-order valence-electron chi connectivity index (χ3n) is 5.86. The maximum atomic E-state index is 14.5. The Kier molecular flexibility index (Phi) is 6.79. The molecule has 0 aliphatic heterocycles. The number of anilines is 1. The zero-order valence-electron chi connectivity index (χ0n) is 18.7. The number of para-hydroxylation sites is 1. The van der Waals surface area contributed by atoms with Gasteiger partial charge in [0.1, 0.15) is 12.4 Å². The number of halogens is 1. The smallest absolute Gasteiger partial charge is 0.411 e. The number of carbonyl (C=O) groups is 3. The van der Waals surface area contributed by atoms with Crippen LogP contribution >= 0.6 is 0 Å². The first-order chi connectivity index (χ1) is 16.8. The molecule has 8 nitrogen and oxygen atoms in total. The minimum absolute atomic E-state index is 0.0149. The van der Waals surface area contributed by atoms with E-state index in [0.717, 1.165) is 28.3 Å². The molecule has 0 aromatic heterocycles. The lowest BCUT2D eigenvalue weighted by Crippen LogP contribution is -2.47. The Hall–Kier alpha value is -4.24. The molecular weight excluding hydrogens is 455 g/mol. The van der Waals surface area contributed by atoms with Crippen molar-refractivity contribution >= 4 is 23.7 Å². The van der Waals surface area contributed by atoms with Gasteiger partial charge in [-0.25, -0.2) is 14.0 Å². The molecular formula is C26H23FN2O6.